The molecule has 132 valence electrons. The topological polar surface area (TPSA) is 70.1 Å². The number of carbonyl (C=O) groups is 1. The summed E-state index contributed by atoms with van der Waals surface area (Å²) in [7, 11) is 1.62. The Morgan fingerprint density at radius 2 is 2.12 bits per heavy atom. The second-order valence-electron chi connectivity index (χ2n) is 5.97. The summed E-state index contributed by atoms with van der Waals surface area (Å²) in [5, 5.41) is 1.13. The monoisotopic (exact) mass is 380 g/mol. The third kappa shape index (κ3) is 3.25. The van der Waals surface area contributed by atoms with E-state index in [0.29, 0.717) is 42.0 Å². The van der Waals surface area contributed by atoms with Crippen LogP contribution in [0.1, 0.15) is 27.3 Å². The van der Waals surface area contributed by atoms with Crippen LogP contribution in [0.25, 0.3) is 11.1 Å². The second kappa shape index (κ2) is 7.30. The summed E-state index contributed by atoms with van der Waals surface area (Å²) in [4.78, 5) is 19.0. The molecule has 3 N–H and O–H groups in total. The Morgan fingerprint density at radius 1 is 1.36 bits per heavy atom. The van der Waals surface area contributed by atoms with Crippen molar-refractivity contribution in [1.82, 2.24) is 9.88 Å². The van der Waals surface area contributed by atoms with E-state index in [9.17, 15) is 4.79 Å². The van der Waals surface area contributed by atoms with Gasteiger partial charge in [-0.3, -0.25) is 4.79 Å². The van der Waals surface area contributed by atoms with E-state index in [1.807, 2.05) is 13.0 Å². The molecule has 0 saturated heterocycles. The van der Waals surface area contributed by atoms with E-state index >= 15 is 0 Å². The third-order valence-electron chi connectivity index (χ3n) is 4.46. The predicted molar refractivity (Wildman–Crippen MR) is 97.6 cm³/mol. The SMILES string of the molecule is COCCN1Cc2c(nc(C)c(C[NH3+])c2-c2ccc(Cl)cc2Cl)C1=O. The Balaban J connectivity index is 2.19. The Morgan fingerprint density at radius 3 is 2.76 bits per heavy atom. The molecule has 7 heteroatoms. The molecule has 0 aliphatic carbocycles. The first-order chi connectivity index (χ1) is 12.0. The van der Waals surface area contributed by atoms with Gasteiger partial charge in [0.1, 0.15) is 12.2 Å². The van der Waals surface area contributed by atoms with Crippen molar-refractivity contribution < 1.29 is 15.3 Å². The second-order valence-corrected chi connectivity index (χ2v) is 6.82. The molecule has 5 nitrogen and oxygen atoms in total. The first-order valence-corrected chi connectivity index (χ1v) is 8.78. The molecule has 0 fully saturated rings. The van der Waals surface area contributed by atoms with Gasteiger partial charge < -0.3 is 15.4 Å². The van der Waals surface area contributed by atoms with Gasteiger partial charge in [0.2, 0.25) is 0 Å². The number of methoxy groups -OCH3 is 1. The zero-order valence-corrected chi connectivity index (χ0v) is 15.7. The summed E-state index contributed by atoms with van der Waals surface area (Å²) in [5.74, 6) is -0.0721. The number of fused-ring (bicyclic) bond motifs is 1. The number of rotatable bonds is 5. The Kier molecular flexibility index (Phi) is 5.29. The molecule has 2 aromatic rings. The summed E-state index contributed by atoms with van der Waals surface area (Å²) >= 11 is 12.5. The van der Waals surface area contributed by atoms with Gasteiger partial charge in [0, 0.05) is 58.2 Å². The largest absolute Gasteiger partial charge is 0.383 e. The number of aromatic nitrogens is 1. The number of pyridine rings is 1. The van der Waals surface area contributed by atoms with Crippen molar-refractivity contribution in [1.29, 1.82) is 0 Å². The summed E-state index contributed by atoms with van der Waals surface area (Å²) < 4.78 is 5.11. The number of ether oxygens (including phenoxy) is 1. The fraction of sp³-hybridized carbons (Fsp3) is 0.333. The number of benzene rings is 1. The number of quaternary nitrogens is 1. The highest BCUT2D eigenvalue weighted by Crippen LogP contribution is 2.39. The molecular weight excluding hydrogens is 361 g/mol. The molecule has 2 heterocycles. The maximum Gasteiger partial charge on any atom is 0.273 e. The predicted octanol–water partition coefficient (Wildman–Crippen LogP) is 2.71. The molecule has 0 spiro atoms. The van der Waals surface area contributed by atoms with Crippen molar-refractivity contribution in [3.8, 4) is 11.1 Å². The van der Waals surface area contributed by atoms with Crippen molar-refractivity contribution in [2.75, 3.05) is 20.3 Å². The minimum atomic E-state index is -0.0721. The van der Waals surface area contributed by atoms with Crippen molar-refractivity contribution >= 4 is 29.1 Å². The lowest BCUT2D eigenvalue weighted by molar-refractivity contribution is -0.386. The number of aryl methyl sites for hydroxylation is 1. The number of hydrogen-bond donors (Lipinski definition) is 1. The lowest BCUT2D eigenvalue weighted by atomic mass is 9.93. The highest BCUT2D eigenvalue weighted by molar-refractivity contribution is 6.36. The van der Waals surface area contributed by atoms with Crippen molar-refractivity contribution in [3.05, 3.63) is 50.8 Å². The minimum absolute atomic E-state index is 0.0721. The Labute approximate surface area is 156 Å². The van der Waals surface area contributed by atoms with E-state index in [0.717, 1.165) is 27.9 Å². The Hall–Kier alpha value is -1.66. The van der Waals surface area contributed by atoms with Crippen LogP contribution in [0.4, 0.5) is 0 Å². The van der Waals surface area contributed by atoms with Crippen LogP contribution in [0.3, 0.4) is 0 Å². The quantitative estimate of drug-likeness (QED) is 0.866. The molecule has 0 bridgehead atoms. The van der Waals surface area contributed by atoms with Crippen molar-refractivity contribution in [3.63, 3.8) is 0 Å². The molecule has 1 aromatic heterocycles. The highest BCUT2D eigenvalue weighted by atomic mass is 35.5. The molecule has 0 unspecified atom stereocenters. The number of nitrogens with zero attached hydrogens (tertiary/aromatic N) is 2. The van der Waals surface area contributed by atoms with E-state index in [1.165, 1.54) is 0 Å². The Bertz CT molecular complexity index is 840. The van der Waals surface area contributed by atoms with Gasteiger partial charge in [-0.2, -0.15) is 0 Å². The molecule has 3 rings (SSSR count). The summed E-state index contributed by atoms with van der Waals surface area (Å²) in [5.41, 5.74) is 9.04. The van der Waals surface area contributed by atoms with E-state index in [4.69, 9.17) is 27.9 Å². The van der Waals surface area contributed by atoms with Crippen LogP contribution in [0.5, 0.6) is 0 Å². The maximum absolute atomic E-state index is 12.7. The van der Waals surface area contributed by atoms with Gasteiger partial charge in [0.05, 0.1) is 6.61 Å². The maximum atomic E-state index is 12.7. The highest BCUT2D eigenvalue weighted by Gasteiger charge is 2.33. The van der Waals surface area contributed by atoms with Gasteiger partial charge in [-0.25, -0.2) is 4.98 Å². The third-order valence-corrected chi connectivity index (χ3v) is 5.01. The summed E-state index contributed by atoms with van der Waals surface area (Å²) in [6, 6.07) is 5.41. The van der Waals surface area contributed by atoms with E-state index in [-0.39, 0.29) is 5.91 Å². The fourth-order valence-corrected chi connectivity index (χ4v) is 3.74. The van der Waals surface area contributed by atoms with Gasteiger partial charge in [-0.05, 0) is 19.1 Å². The minimum Gasteiger partial charge on any atom is -0.383 e. The van der Waals surface area contributed by atoms with Gasteiger partial charge in [-0.15, -0.1) is 0 Å². The average Bonchev–Trinajstić information content (AvgIpc) is 2.88. The number of carbonyl (C=O) groups excluding carboxylic acids is 1. The number of halogens is 2. The molecule has 0 saturated carbocycles. The van der Waals surface area contributed by atoms with Crippen LogP contribution in [0.2, 0.25) is 10.0 Å². The first kappa shape index (κ1) is 18.1. The lowest BCUT2D eigenvalue weighted by Gasteiger charge is -2.16. The number of hydrogen-bond acceptors (Lipinski definition) is 3. The average molecular weight is 381 g/mol. The van der Waals surface area contributed by atoms with Crippen molar-refractivity contribution in [2.45, 2.75) is 20.0 Å². The van der Waals surface area contributed by atoms with Gasteiger partial charge >= 0.3 is 0 Å². The van der Waals surface area contributed by atoms with E-state index < -0.39 is 0 Å². The molecule has 1 aliphatic rings. The molecule has 1 amide bonds. The normalized spacial score (nSPS) is 13.5. The summed E-state index contributed by atoms with van der Waals surface area (Å²) in [6.07, 6.45) is 0. The van der Waals surface area contributed by atoms with Crippen LogP contribution in [0, 0.1) is 6.92 Å². The van der Waals surface area contributed by atoms with Gasteiger partial charge in [0.25, 0.3) is 5.91 Å². The lowest BCUT2D eigenvalue weighted by Crippen LogP contribution is -2.48. The smallest absolute Gasteiger partial charge is 0.273 e. The molecule has 0 atom stereocenters. The molecule has 1 aliphatic heterocycles. The van der Waals surface area contributed by atoms with Crippen LogP contribution in [-0.4, -0.2) is 36.1 Å². The van der Waals surface area contributed by atoms with Crippen LogP contribution in [-0.2, 0) is 17.8 Å². The van der Waals surface area contributed by atoms with Crippen molar-refractivity contribution in [2.24, 2.45) is 0 Å². The molecular formula is C18H20Cl2N3O2+. The zero-order chi connectivity index (χ0) is 18.1. The van der Waals surface area contributed by atoms with Gasteiger partial charge in [0.15, 0.2) is 0 Å². The number of amides is 1. The van der Waals surface area contributed by atoms with Crippen LogP contribution < -0.4 is 5.73 Å². The summed E-state index contributed by atoms with van der Waals surface area (Å²) in [6.45, 7) is 3.97. The zero-order valence-electron chi connectivity index (χ0n) is 14.2. The molecule has 0 radical (unpaired) electrons. The molecule has 1 aromatic carbocycles. The molecule has 25 heavy (non-hydrogen) atoms. The van der Waals surface area contributed by atoms with Gasteiger partial charge in [-0.1, -0.05) is 29.3 Å². The standard InChI is InChI=1S/C18H19Cl2N3O2/c1-10-13(8-21)16(12-4-3-11(19)7-15(12)20)14-9-23(5-6-25-2)18(24)17(14)22-10/h3-4,7H,5-6,8-9,21H2,1-2H3/p+1. The van der Waals surface area contributed by atoms with E-state index in [2.05, 4.69) is 10.7 Å². The fourth-order valence-electron chi connectivity index (χ4n) is 3.23. The van der Waals surface area contributed by atoms with Crippen LogP contribution >= 0.6 is 23.2 Å². The van der Waals surface area contributed by atoms with Crippen LogP contribution in [0.15, 0.2) is 18.2 Å². The first-order valence-electron chi connectivity index (χ1n) is 8.03. The van der Waals surface area contributed by atoms with E-state index in [1.54, 1.807) is 24.1 Å².